The summed E-state index contributed by atoms with van der Waals surface area (Å²) in [7, 11) is 0. The van der Waals surface area contributed by atoms with Crippen molar-refractivity contribution in [1.29, 1.82) is 0 Å². The van der Waals surface area contributed by atoms with Gasteiger partial charge in [0.25, 0.3) is 0 Å². The van der Waals surface area contributed by atoms with Gasteiger partial charge in [0.1, 0.15) is 5.76 Å². The van der Waals surface area contributed by atoms with Gasteiger partial charge < -0.3 is 14.5 Å². The molecule has 1 aromatic heterocycles. The molecule has 1 saturated heterocycles. The molecule has 4 rings (SSSR count). The molecule has 3 heterocycles. The number of hydrogen-bond acceptors (Lipinski definition) is 3. The number of benzene rings is 1. The van der Waals surface area contributed by atoms with Gasteiger partial charge in [-0.25, -0.2) is 0 Å². The van der Waals surface area contributed by atoms with Crippen molar-refractivity contribution in [3.63, 3.8) is 0 Å². The van der Waals surface area contributed by atoms with Crippen LogP contribution in [0.1, 0.15) is 29.9 Å². The largest absolute Gasteiger partial charge is 0.467 e. The predicted molar refractivity (Wildman–Crippen MR) is 68.3 cm³/mol. The van der Waals surface area contributed by atoms with Gasteiger partial charge in [0, 0.05) is 23.8 Å². The molecule has 1 fully saturated rings. The maximum atomic E-state index is 5.93. The normalized spacial score (nSPS) is 29.4. The van der Waals surface area contributed by atoms with Crippen LogP contribution in [-0.4, -0.2) is 6.61 Å². The molecule has 2 aliphatic heterocycles. The van der Waals surface area contributed by atoms with Gasteiger partial charge in [-0.05, 0) is 24.6 Å². The molecule has 0 radical (unpaired) electrons. The van der Waals surface area contributed by atoms with Gasteiger partial charge in [-0.2, -0.15) is 0 Å². The molecule has 2 aromatic rings. The molecule has 1 aromatic carbocycles. The second-order valence-electron chi connectivity index (χ2n) is 4.97. The summed E-state index contributed by atoms with van der Waals surface area (Å²) < 4.78 is 11.5. The van der Waals surface area contributed by atoms with Crippen LogP contribution >= 0.6 is 0 Å². The third-order valence-corrected chi connectivity index (χ3v) is 3.99. The van der Waals surface area contributed by atoms with Crippen molar-refractivity contribution in [2.45, 2.75) is 18.6 Å². The van der Waals surface area contributed by atoms with Gasteiger partial charge in [0.15, 0.2) is 0 Å². The van der Waals surface area contributed by atoms with Crippen LogP contribution in [0.3, 0.4) is 0 Å². The fourth-order valence-electron chi connectivity index (χ4n) is 3.17. The van der Waals surface area contributed by atoms with Gasteiger partial charge in [-0.1, -0.05) is 18.2 Å². The molecule has 0 saturated carbocycles. The zero-order valence-electron chi connectivity index (χ0n) is 10.0. The Morgan fingerprint density at radius 1 is 1.11 bits per heavy atom. The van der Waals surface area contributed by atoms with Crippen LogP contribution in [0.2, 0.25) is 0 Å². The first-order chi connectivity index (χ1) is 8.93. The van der Waals surface area contributed by atoms with E-state index < -0.39 is 0 Å². The van der Waals surface area contributed by atoms with E-state index in [2.05, 4.69) is 29.6 Å². The van der Waals surface area contributed by atoms with Crippen LogP contribution < -0.4 is 5.32 Å². The van der Waals surface area contributed by atoms with E-state index in [1.807, 2.05) is 12.1 Å². The quantitative estimate of drug-likeness (QED) is 0.829. The summed E-state index contributed by atoms with van der Waals surface area (Å²) in [6.45, 7) is 0.836. The lowest BCUT2D eigenvalue weighted by molar-refractivity contribution is 0.0808. The van der Waals surface area contributed by atoms with Crippen molar-refractivity contribution >= 4 is 5.69 Å². The Kier molecular flexibility index (Phi) is 2.20. The molecule has 0 unspecified atom stereocenters. The number of hydrogen-bond donors (Lipinski definition) is 1. The van der Waals surface area contributed by atoms with Crippen molar-refractivity contribution in [2.24, 2.45) is 5.92 Å². The zero-order valence-corrected chi connectivity index (χ0v) is 10.0. The highest BCUT2D eigenvalue weighted by Crippen LogP contribution is 2.49. The Morgan fingerprint density at radius 3 is 2.94 bits per heavy atom. The number of fused-ring (bicyclic) bond motifs is 3. The second kappa shape index (κ2) is 3.89. The molecule has 0 aliphatic carbocycles. The van der Waals surface area contributed by atoms with Crippen LogP contribution in [0.4, 0.5) is 5.69 Å². The number of ether oxygens (including phenoxy) is 1. The summed E-state index contributed by atoms with van der Waals surface area (Å²) in [6, 6.07) is 12.6. The van der Waals surface area contributed by atoms with Crippen molar-refractivity contribution < 1.29 is 9.15 Å². The number of nitrogens with one attached hydrogen (secondary N) is 1. The van der Waals surface area contributed by atoms with Crippen LogP contribution in [0.5, 0.6) is 0 Å². The van der Waals surface area contributed by atoms with E-state index in [4.69, 9.17) is 9.15 Å². The van der Waals surface area contributed by atoms with E-state index in [1.165, 1.54) is 11.3 Å². The summed E-state index contributed by atoms with van der Waals surface area (Å²) in [6.07, 6.45) is 3.03. The van der Waals surface area contributed by atoms with Gasteiger partial charge in [-0.3, -0.25) is 0 Å². The predicted octanol–water partition coefficient (Wildman–Crippen LogP) is 3.52. The maximum absolute atomic E-state index is 5.93. The van der Waals surface area contributed by atoms with Crippen molar-refractivity contribution in [3.8, 4) is 0 Å². The van der Waals surface area contributed by atoms with Gasteiger partial charge >= 0.3 is 0 Å². The van der Waals surface area contributed by atoms with E-state index in [1.54, 1.807) is 6.26 Å². The molecule has 18 heavy (non-hydrogen) atoms. The van der Waals surface area contributed by atoms with Gasteiger partial charge in [-0.15, -0.1) is 0 Å². The highest BCUT2D eigenvalue weighted by molar-refractivity contribution is 5.56. The minimum absolute atomic E-state index is 0.206. The molecule has 1 N–H and O–H groups in total. The van der Waals surface area contributed by atoms with Crippen LogP contribution in [0.15, 0.2) is 47.1 Å². The van der Waals surface area contributed by atoms with E-state index >= 15 is 0 Å². The van der Waals surface area contributed by atoms with Crippen molar-refractivity contribution in [2.75, 3.05) is 11.9 Å². The molecule has 0 bridgehead atoms. The fraction of sp³-hybridized carbons (Fsp3) is 0.333. The number of anilines is 1. The minimum Gasteiger partial charge on any atom is -0.467 e. The Bertz CT molecular complexity index is 549. The lowest BCUT2D eigenvalue weighted by Crippen LogP contribution is -2.28. The summed E-state index contributed by atoms with van der Waals surface area (Å²) in [5.74, 6) is 1.47. The first-order valence-corrected chi connectivity index (χ1v) is 6.44. The topological polar surface area (TPSA) is 34.4 Å². The minimum atomic E-state index is 0.206. The SMILES string of the molecule is c1coc([C@@H]2Nc3ccccc3[C@@H]3OCC[C@@H]23)c1. The number of furan rings is 1. The Hall–Kier alpha value is -1.74. The van der Waals surface area contributed by atoms with Crippen LogP contribution in [-0.2, 0) is 4.74 Å². The van der Waals surface area contributed by atoms with Gasteiger partial charge in [0.05, 0.1) is 18.4 Å². The van der Waals surface area contributed by atoms with E-state index in [9.17, 15) is 0 Å². The fourth-order valence-corrected chi connectivity index (χ4v) is 3.17. The molecule has 0 amide bonds. The van der Waals surface area contributed by atoms with E-state index in [0.29, 0.717) is 5.92 Å². The summed E-state index contributed by atoms with van der Waals surface area (Å²) in [4.78, 5) is 0. The molecular weight excluding hydrogens is 226 g/mol. The third-order valence-electron chi connectivity index (χ3n) is 3.99. The van der Waals surface area contributed by atoms with Crippen molar-refractivity contribution in [3.05, 3.63) is 54.0 Å². The molecule has 0 spiro atoms. The second-order valence-corrected chi connectivity index (χ2v) is 4.97. The highest BCUT2D eigenvalue weighted by Gasteiger charge is 2.42. The molecule has 3 nitrogen and oxygen atoms in total. The lowest BCUT2D eigenvalue weighted by Gasteiger charge is -2.34. The Balaban J connectivity index is 1.80. The average Bonchev–Trinajstić information content (AvgIpc) is 3.09. The first kappa shape index (κ1) is 10.2. The lowest BCUT2D eigenvalue weighted by atomic mass is 9.83. The molecule has 3 heteroatoms. The van der Waals surface area contributed by atoms with E-state index in [-0.39, 0.29) is 12.1 Å². The molecule has 3 atom stereocenters. The highest BCUT2D eigenvalue weighted by atomic mass is 16.5. The number of para-hydroxylation sites is 1. The van der Waals surface area contributed by atoms with Crippen LogP contribution in [0, 0.1) is 5.92 Å². The summed E-state index contributed by atoms with van der Waals surface area (Å²) in [5.41, 5.74) is 2.45. The third kappa shape index (κ3) is 1.40. The first-order valence-electron chi connectivity index (χ1n) is 6.44. The Labute approximate surface area is 106 Å². The average molecular weight is 241 g/mol. The molecule has 2 aliphatic rings. The Morgan fingerprint density at radius 2 is 2.06 bits per heavy atom. The monoisotopic (exact) mass is 241 g/mol. The molecule has 92 valence electrons. The summed E-state index contributed by atoms with van der Waals surface area (Å²) >= 11 is 0. The summed E-state index contributed by atoms with van der Waals surface area (Å²) in [5, 5.41) is 3.60. The maximum Gasteiger partial charge on any atom is 0.126 e. The number of rotatable bonds is 1. The molecular formula is C15H15NO2. The van der Waals surface area contributed by atoms with Crippen LogP contribution in [0.25, 0.3) is 0 Å². The smallest absolute Gasteiger partial charge is 0.126 e. The standard InChI is InChI=1S/C15H15NO2/c1-2-5-12-10(4-1)15-11(7-9-18-15)14(16-12)13-6-3-8-17-13/h1-6,8,11,14-16H,7,9H2/t11-,14+,15-/m0/s1. The van der Waals surface area contributed by atoms with Gasteiger partial charge in [0.2, 0.25) is 0 Å². The van der Waals surface area contributed by atoms with Crippen molar-refractivity contribution in [1.82, 2.24) is 0 Å². The van der Waals surface area contributed by atoms with E-state index in [0.717, 1.165) is 18.8 Å². The zero-order chi connectivity index (χ0) is 11.9.